The molecule has 0 unspecified atom stereocenters. The van der Waals surface area contributed by atoms with Crippen LogP contribution >= 0.6 is 0 Å². The van der Waals surface area contributed by atoms with E-state index in [2.05, 4.69) is 5.10 Å². The Labute approximate surface area is 161 Å². The summed E-state index contributed by atoms with van der Waals surface area (Å²) in [5.74, 6) is 0.923. The van der Waals surface area contributed by atoms with Crippen LogP contribution < -0.4 is 4.74 Å². The van der Waals surface area contributed by atoms with Crippen molar-refractivity contribution in [3.8, 4) is 5.75 Å². The van der Waals surface area contributed by atoms with E-state index in [9.17, 15) is 14.9 Å². The number of nitrogens with zero attached hydrogens (tertiary/aromatic N) is 4. The molecule has 3 aromatic rings. The summed E-state index contributed by atoms with van der Waals surface area (Å²) in [6.45, 7) is 3.25. The van der Waals surface area contributed by atoms with Gasteiger partial charge in [0.25, 0.3) is 11.6 Å². The van der Waals surface area contributed by atoms with Gasteiger partial charge in [-0.2, -0.15) is 5.10 Å². The number of hydrogen-bond acceptors (Lipinski definition) is 6. The van der Waals surface area contributed by atoms with Crippen LogP contribution in [0.5, 0.6) is 5.75 Å². The van der Waals surface area contributed by atoms with Crippen LogP contribution in [0.15, 0.2) is 53.1 Å². The van der Waals surface area contributed by atoms with Gasteiger partial charge in [0, 0.05) is 31.9 Å². The lowest BCUT2D eigenvalue weighted by molar-refractivity contribution is -0.384. The Hall–Kier alpha value is -3.62. The number of furan rings is 1. The average Bonchev–Trinajstić information content (AvgIpc) is 3.35. The highest BCUT2D eigenvalue weighted by molar-refractivity contribution is 5.91. The number of nitro benzene ring substituents is 1. The lowest BCUT2D eigenvalue weighted by Gasteiger charge is -2.16. The van der Waals surface area contributed by atoms with E-state index in [1.807, 2.05) is 17.7 Å². The zero-order valence-corrected chi connectivity index (χ0v) is 15.6. The molecule has 2 heterocycles. The second-order valence-electron chi connectivity index (χ2n) is 6.11. The minimum Gasteiger partial charge on any atom is -0.486 e. The number of aromatic nitrogens is 2. The summed E-state index contributed by atoms with van der Waals surface area (Å²) in [4.78, 5) is 24.3. The lowest BCUT2D eigenvalue weighted by Crippen LogP contribution is -2.27. The molecule has 0 saturated carbocycles. The Balaban J connectivity index is 1.58. The molecule has 0 saturated heterocycles. The predicted octanol–water partition coefficient (Wildman–Crippen LogP) is 3.26. The van der Waals surface area contributed by atoms with Crippen LogP contribution in [0, 0.1) is 10.1 Å². The first-order valence-corrected chi connectivity index (χ1v) is 8.70. The Bertz CT molecular complexity index is 961. The molecule has 1 aromatic carbocycles. The van der Waals surface area contributed by atoms with Crippen molar-refractivity contribution in [1.29, 1.82) is 0 Å². The van der Waals surface area contributed by atoms with Crippen molar-refractivity contribution >= 4 is 11.6 Å². The maximum atomic E-state index is 12.6. The normalized spacial score (nSPS) is 10.6. The first-order valence-electron chi connectivity index (χ1n) is 8.70. The third-order valence-corrected chi connectivity index (χ3v) is 4.15. The van der Waals surface area contributed by atoms with Gasteiger partial charge in [0.2, 0.25) is 0 Å². The number of non-ortho nitro benzene ring substituents is 1. The van der Waals surface area contributed by atoms with E-state index in [0.29, 0.717) is 18.1 Å². The van der Waals surface area contributed by atoms with Gasteiger partial charge >= 0.3 is 0 Å². The highest BCUT2D eigenvalue weighted by Crippen LogP contribution is 2.19. The molecular weight excluding hydrogens is 364 g/mol. The highest BCUT2D eigenvalue weighted by Gasteiger charge is 2.18. The quantitative estimate of drug-likeness (QED) is 0.436. The van der Waals surface area contributed by atoms with Crippen molar-refractivity contribution in [2.75, 3.05) is 7.05 Å². The number of rotatable bonds is 8. The lowest BCUT2D eigenvalue weighted by atomic mass is 10.3. The van der Waals surface area contributed by atoms with Crippen LogP contribution in [-0.2, 0) is 19.7 Å². The van der Waals surface area contributed by atoms with Crippen molar-refractivity contribution in [2.24, 2.45) is 0 Å². The fourth-order valence-electron chi connectivity index (χ4n) is 2.67. The van der Waals surface area contributed by atoms with Crippen LogP contribution in [-0.4, -0.2) is 32.6 Å². The van der Waals surface area contributed by atoms with Crippen molar-refractivity contribution < 1.29 is 18.9 Å². The summed E-state index contributed by atoms with van der Waals surface area (Å²) in [7, 11) is 1.70. The van der Waals surface area contributed by atoms with Crippen molar-refractivity contribution in [2.45, 2.75) is 26.6 Å². The maximum Gasteiger partial charge on any atom is 0.289 e. The zero-order chi connectivity index (χ0) is 20.1. The Morgan fingerprint density at radius 2 is 2.00 bits per heavy atom. The molecule has 0 radical (unpaired) electrons. The van der Waals surface area contributed by atoms with Gasteiger partial charge in [-0.05, 0) is 37.3 Å². The molecular formula is C19H20N4O5. The molecule has 9 heteroatoms. The smallest absolute Gasteiger partial charge is 0.289 e. The molecule has 0 atom stereocenters. The van der Waals surface area contributed by atoms with Crippen LogP contribution in [0.1, 0.15) is 28.9 Å². The first-order chi connectivity index (χ1) is 13.5. The topological polar surface area (TPSA) is 104 Å². The third-order valence-electron chi connectivity index (χ3n) is 4.15. The van der Waals surface area contributed by atoms with E-state index in [0.717, 1.165) is 12.2 Å². The molecule has 0 aliphatic rings. The molecule has 0 spiro atoms. The largest absolute Gasteiger partial charge is 0.486 e. The van der Waals surface area contributed by atoms with Crippen molar-refractivity contribution in [3.05, 3.63) is 76.0 Å². The molecule has 0 aliphatic carbocycles. The number of aryl methyl sites for hydroxylation is 1. The summed E-state index contributed by atoms with van der Waals surface area (Å²) in [5, 5.41) is 14.9. The van der Waals surface area contributed by atoms with Crippen LogP contribution in [0.4, 0.5) is 5.69 Å². The second kappa shape index (κ2) is 8.38. The number of ether oxygens (including phenoxy) is 1. The number of carbonyl (C=O) groups excluding carboxylic acids is 1. The number of benzene rings is 1. The Morgan fingerprint density at radius 3 is 2.68 bits per heavy atom. The number of hydrogen-bond donors (Lipinski definition) is 0. The Kier molecular flexibility index (Phi) is 5.73. The molecule has 0 fully saturated rings. The van der Waals surface area contributed by atoms with Gasteiger partial charge in [0.05, 0.1) is 17.2 Å². The van der Waals surface area contributed by atoms with Gasteiger partial charge in [-0.1, -0.05) is 0 Å². The maximum absolute atomic E-state index is 12.6. The van der Waals surface area contributed by atoms with E-state index in [4.69, 9.17) is 9.15 Å². The molecule has 1 amide bonds. The summed E-state index contributed by atoms with van der Waals surface area (Å²) in [6, 6.07) is 10.9. The van der Waals surface area contributed by atoms with Gasteiger partial charge < -0.3 is 14.1 Å². The number of nitro groups is 1. The van der Waals surface area contributed by atoms with Gasteiger partial charge in [0.15, 0.2) is 5.76 Å². The Morgan fingerprint density at radius 1 is 1.25 bits per heavy atom. The third kappa shape index (κ3) is 4.37. The first kappa shape index (κ1) is 19.2. The predicted molar refractivity (Wildman–Crippen MR) is 99.8 cm³/mol. The summed E-state index contributed by atoms with van der Waals surface area (Å²) >= 11 is 0. The fraction of sp³-hybridized carbons (Fsp3) is 0.263. The van der Waals surface area contributed by atoms with E-state index < -0.39 is 4.92 Å². The molecule has 0 bridgehead atoms. The van der Waals surface area contributed by atoms with E-state index >= 15 is 0 Å². The standard InChI is InChI=1S/C19H20N4O5/c1-3-22-15(10-11-20-22)12-21(2)19(24)18-9-8-17(28-18)13-27-16-6-4-14(5-7-16)23(25)26/h4-11H,3,12-13H2,1-2H3. The number of amides is 1. The summed E-state index contributed by atoms with van der Waals surface area (Å²) in [5.41, 5.74) is 0.928. The van der Waals surface area contributed by atoms with E-state index in [1.54, 1.807) is 30.3 Å². The summed E-state index contributed by atoms with van der Waals surface area (Å²) in [6.07, 6.45) is 1.71. The van der Waals surface area contributed by atoms with Gasteiger partial charge in [-0.25, -0.2) is 0 Å². The highest BCUT2D eigenvalue weighted by atomic mass is 16.6. The van der Waals surface area contributed by atoms with E-state index in [-0.39, 0.29) is 24.0 Å². The molecule has 28 heavy (non-hydrogen) atoms. The van der Waals surface area contributed by atoms with Crippen molar-refractivity contribution in [1.82, 2.24) is 14.7 Å². The molecule has 0 N–H and O–H groups in total. The van der Waals surface area contributed by atoms with Crippen LogP contribution in [0.2, 0.25) is 0 Å². The number of carbonyl (C=O) groups is 1. The molecule has 2 aromatic heterocycles. The molecule has 3 rings (SSSR count). The van der Waals surface area contributed by atoms with Gasteiger partial charge in [0.1, 0.15) is 18.1 Å². The van der Waals surface area contributed by atoms with Gasteiger partial charge in [-0.3, -0.25) is 19.6 Å². The second-order valence-corrected chi connectivity index (χ2v) is 6.11. The SMILES string of the molecule is CCn1nccc1CN(C)C(=O)c1ccc(COc2ccc([N+](=O)[O-])cc2)o1. The molecule has 146 valence electrons. The average molecular weight is 384 g/mol. The zero-order valence-electron chi connectivity index (χ0n) is 15.6. The summed E-state index contributed by atoms with van der Waals surface area (Å²) < 4.78 is 13.0. The van der Waals surface area contributed by atoms with E-state index in [1.165, 1.54) is 24.3 Å². The fourth-order valence-corrected chi connectivity index (χ4v) is 2.67. The van der Waals surface area contributed by atoms with Crippen molar-refractivity contribution in [3.63, 3.8) is 0 Å². The molecule has 0 aliphatic heterocycles. The monoisotopic (exact) mass is 384 g/mol. The minimum absolute atomic E-state index is 0.00863. The molecule has 9 nitrogen and oxygen atoms in total. The minimum atomic E-state index is -0.474. The van der Waals surface area contributed by atoms with Crippen LogP contribution in [0.25, 0.3) is 0 Å². The van der Waals surface area contributed by atoms with Gasteiger partial charge in [-0.15, -0.1) is 0 Å². The van der Waals surface area contributed by atoms with Crippen LogP contribution in [0.3, 0.4) is 0 Å².